The molecule has 3 aliphatic rings. The van der Waals surface area contributed by atoms with Gasteiger partial charge >= 0.3 is 0 Å². The van der Waals surface area contributed by atoms with Crippen LogP contribution in [0, 0.1) is 5.41 Å². The molecule has 2 atom stereocenters. The third-order valence-electron chi connectivity index (χ3n) is 6.98. The Hall–Kier alpha value is -1.81. The summed E-state index contributed by atoms with van der Waals surface area (Å²) in [7, 11) is 0. The third kappa shape index (κ3) is 3.37. The molecule has 0 aromatic carbocycles. The van der Waals surface area contributed by atoms with Crippen molar-refractivity contribution in [3.63, 3.8) is 0 Å². The summed E-state index contributed by atoms with van der Waals surface area (Å²) in [6.45, 7) is 4.22. The van der Waals surface area contributed by atoms with Crippen LogP contribution < -0.4 is 22.1 Å². The number of nitrogen functional groups attached to an aromatic ring is 2. The zero-order valence-electron chi connectivity index (χ0n) is 16.8. The Morgan fingerprint density at radius 1 is 1.13 bits per heavy atom. The zero-order valence-corrected chi connectivity index (χ0v) is 18.4. The summed E-state index contributed by atoms with van der Waals surface area (Å²) in [6, 6.07) is 2.66. The molecule has 30 heavy (non-hydrogen) atoms. The van der Waals surface area contributed by atoms with Crippen molar-refractivity contribution < 1.29 is 0 Å². The summed E-state index contributed by atoms with van der Waals surface area (Å²) in [4.78, 5) is 18.8. The lowest BCUT2D eigenvalue weighted by molar-refractivity contribution is 0.194. The Bertz CT molecular complexity index is 948. The lowest BCUT2D eigenvalue weighted by Gasteiger charge is -2.42. The van der Waals surface area contributed by atoms with E-state index in [-0.39, 0.29) is 17.3 Å². The van der Waals surface area contributed by atoms with Crippen LogP contribution in [0.1, 0.15) is 25.7 Å². The molecule has 0 amide bonds. The number of nitrogens with zero attached hydrogens (tertiary/aromatic N) is 5. The molecule has 2 aromatic rings. The molecule has 2 aromatic heterocycles. The minimum absolute atomic E-state index is 0.244. The second kappa shape index (κ2) is 7.71. The average Bonchev–Trinajstić information content (AvgIpc) is 3.29. The van der Waals surface area contributed by atoms with Crippen LogP contribution in [0.5, 0.6) is 0 Å². The Morgan fingerprint density at radius 2 is 1.93 bits per heavy atom. The molecule has 8 nitrogen and oxygen atoms in total. The molecular weight excluding hydrogens is 420 g/mol. The molecule has 3 aliphatic heterocycles. The topological polar surface area (TPSA) is 123 Å². The van der Waals surface area contributed by atoms with Crippen molar-refractivity contribution in [2.75, 3.05) is 42.5 Å². The van der Waals surface area contributed by atoms with Gasteiger partial charge in [-0.2, -0.15) is 0 Å². The highest BCUT2D eigenvalue weighted by atomic mass is 35.5. The monoisotopic (exact) mass is 446 g/mol. The van der Waals surface area contributed by atoms with Gasteiger partial charge in [-0.3, -0.25) is 4.90 Å². The first-order chi connectivity index (χ1) is 14.5. The van der Waals surface area contributed by atoms with Gasteiger partial charge in [0.15, 0.2) is 5.82 Å². The van der Waals surface area contributed by atoms with Gasteiger partial charge < -0.3 is 22.1 Å². The summed E-state index contributed by atoms with van der Waals surface area (Å²) >= 11 is 7.58. The molecule has 3 fully saturated rings. The van der Waals surface area contributed by atoms with Gasteiger partial charge in [0, 0.05) is 48.2 Å². The van der Waals surface area contributed by atoms with Crippen LogP contribution in [0.15, 0.2) is 28.4 Å². The fourth-order valence-corrected chi connectivity index (χ4v) is 6.30. The van der Waals surface area contributed by atoms with Crippen molar-refractivity contribution in [3.8, 4) is 0 Å². The van der Waals surface area contributed by atoms with Crippen LogP contribution in [-0.4, -0.2) is 58.1 Å². The normalized spacial score (nSPS) is 25.7. The summed E-state index contributed by atoms with van der Waals surface area (Å²) in [6.07, 6.45) is 8.12. The lowest BCUT2D eigenvalue weighted by Crippen LogP contribution is -2.51. The predicted octanol–water partition coefficient (Wildman–Crippen LogP) is 2.23. The summed E-state index contributed by atoms with van der Waals surface area (Å²) in [5.41, 5.74) is 19.0. The average molecular weight is 447 g/mol. The molecule has 3 saturated heterocycles. The van der Waals surface area contributed by atoms with Crippen LogP contribution in [-0.2, 0) is 0 Å². The number of nitrogens with two attached hydrogens (primary N) is 3. The fraction of sp³-hybridized carbons (Fsp3) is 0.550. The molecule has 5 heterocycles. The first kappa shape index (κ1) is 20.1. The van der Waals surface area contributed by atoms with E-state index >= 15 is 0 Å². The molecule has 5 rings (SSSR count). The minimum Gasteiger partial charge on any atom is -0.382 e. The number of piperidine rings is 1. The quantitative estimate of drug-likeness (QED) is 0.650. The van der Waals surface area contributed by atoms with Gasteiger partial charge in [0.1, 0.15) is 16.7 Å². The second-order valence-electron chi connectivity index (χ2n) is 8.58. The highest BCUT2D eigenvalue weighted by molar-refractivity contribution is 7.99. The maximum absolute atomic E-state index is 6.72. The van der Waals surface area contributed by atoms with E-state index in [1.807, 2.05) is 0 Å². The molecular formula is C20H27ClN8S. The molecule has 2 unspecified atom stereocenters. The van der Waals surface area contributed by atoms with E-state index in [4.69, 9.17) is 28.8 Å². The Kier molecular flexibility index (Phi) is 5.17. The number of halogens is 1. The van der Waals surface area contributed by atoms with E-state index in [1.54, 1.807) is 18.5 Å². The van der Waals surface area contributed by atoms with Crippen LogP contribution >= 0.6 is 23.4 Å². The van der Waals surface area contributed by atoms with Crippen LogP contribution in [0.4, 0.5) is 17.5 Å². The number of hydrogen-bond acceptors (Lipinski definition) is 9. The Morgan fingerprint density at radius 3 is 2.67 bits per heavy atom. The SMILES string of the molecule is Nc1nc(N2CCC3(CC2)CN2CCCC2C3N)cnc1Sc1ccnc(N)c1Cl. The molecule has 10 heteroatoms. The summed E-state index contributed by atoms with van der Waals surface area (Å²) in [5.74, 6) is 1.50. The van der Waals surface area contributed by atoms with Gasteiger partial charge in [-0.05, 0) is 38.3 Å². The molecule has 1 spiro atoms. The van der Waals surface area contributed by atoms with Crippen LogP contribution in [0.2, 0.25) is 5.02 Å². The maximum atomic E-state index is 6.72. The van der Waals surface area contributed by atoms with Crippen molar-refractivity contribution in [1.29, 1.82) is 0 Å². The standard InChI is InChI=1S/C20H27ClN8S/c21-15-13(3-6-25-17(15)23)30-19-18(24)27-14(10-26-19)28-8-4-20(5-9-28)11-29-7-1-2-12(29)16(20)22/h3,6,10,12,16H,1-2,4-5,7-9,11,22H2,(H2,23,25)(H2,24,27). The van der Waals surface area contributed by atoms with E-state index < -0.39 is 0 Å². The molecule has 6 N–H and O–H groups in total. The Labute approximate surface area is 185 Å². The summed E-state index contributed by atoms with van der Waals surface area (Å²) < 4.78 is 0. The fourth-order valence-electron chi connectivity index (χ4n) is 5.28. The first-order valence-corrected chi connectivity index (χ1v) is 11.6. The van der Waals surface area contributed by atoms with Crippen molar-refractivity contribution in [2.24, 2.45) is 11.1 Å². The van der Waals surface area contributed by atoms with Gasteiger partial charge in [-0.25, -0.2) is 15.0 Å². The van der Waals surface area contributed by atoms with Gasteiger partial charge in [0.05, 0.1) is 11.2 Å². The highest BCUT2D eigenvalue weighted by Crippen LogP contribution is 2.46. The lowest BCUT2D eigenvalue weighted by atomic mass is 9.73. The van der Waals surface area contributed by atoms with E-state index in [9.17, 15) is 0 Å². The Balaban J connectivity index is 1.27. The number of fused-ring (bicyclic) bond motifs is 1. The summed E-state index contributed by atoms with van der Waals surface area (Å²) in [5, 5.41) is 1.01. The molecule has 0 bridgehead atoms. The number of aromatic nitrogens is 3. The predicted molar refractivity (Wildman–Crippen MR) is 121 cm³/mol. The van der Waals surface area contributed by atoms with Crippen molar-refractivity contribution >= 4 is 40.8 Å². The largest absolute Gasteiger partial charge is 0.382 e. The van der Waals surface area contributed by atoms with E-state index in [0.717, 1.165) is 43.2 Å². The van der Waals surface area contributed by atoms with Gasteiger partial charge in [0.25, 0.3) is 0 Å². The molecule has 0 radical (unpaired) electrons. The van der Waals surface area contributed by atoms with Crippen LogP contribution in [0.25, 0.3) is 0 Å². The van der Waals surface area contributed by atoms with E-state index in [2.05, 4.69) is 24.8 Å². The smallest absolute Gasteiger partial charge is 0.158 e. The molecule has 0 aliphatic carbocycles. The van der Waals surface area contributed by atoms with Gasteiger partial charge in [-0.1, -0.05) is 23.4 Å². The maximum Gasteiger partial charge on any atom is 0.158 e. The van der Waals surface area contributed by atoms with Gasteiger partial charge in [-0.15, -0.1) is 0 Å². The third-order valence-corrected chi connectivity index (χ3v) is 8.55. The van der Waals surface area contributed by atoms with E-state index in [0.29, 0.717) is 21.9 Å². The van der Waals surface area contributed by atoms with Crippen molar-refractivity contribution in [1.82, 2.24) is 19.9 Å². The second-order valence-corrected chi connectivity index (χ2v) is 9.99. The number of rotatable bonds is 3. The molecule has 0 saturated carbocycles. The van der Waals surface area contributed by atoms with Crippen LogP contribution in [0.3, 0.4) is 0 Å². The van der Waals surface area contributed by atoms with E-state index in [1.165, 1.54) is 31.1 Å². The zero-order chi connectivity index (χ0) is 20.9. The number of hydrogen-bond donors (Lipinski definition) is 3. The minimum atomic E-state index is 0.244. The highest BCUT2D eigenvalue weighted by Gasteiger charge is 2.52. The van der Waals surface area contributed by atoms with Crippen molar-refractivity contribution in [2.45, 2.75) is 47.7 Å². The number of pyridine rings is 1. The van der Waals surface area contributed by atoms with Gasteiger partial charge in [0.2, 0.25) is 0 Å². The van der Waals surface area contributed by atoms with Crippen molar-refractivity contribution in [3.05, 3.63) is 23.5 Å². The number of anilines is 3. The first-order valence-electron chi connectivity index (χ1n) is 10.4. The molecule has 160 valence electrons.